The Morgan fingerprint density at radius 2 is 2.33 bits per heavy atom. The molecule has 0 amide bonds. The predicted octanol–water partition coefficient (Wildman–Crippen LogP) is 3.29. The zero-order chi connectivity index (χ0) is 10.7. The Labute approximate surface area is 96.2 Å². The first-order valence-electron chi connectivity index (χ1n) is 5.70. The van der Waals surface area contributed by atoms with Crippen LogP contribution in [-0.2, 0) is 19.4 Å². The second-order valence-corrected chi connectivity index (χ2v) is 5.65. The van der Waals surface area contributed by atoms with Gasteiger partial charge < -0.3 is 5.32 Å². The van der Waals surface area contributed by atoms with Gasteiger partial charge in [0, 0.05) is 22.8 Å². The topological polar surface area (TPSA) is 12.0 Å². The summed E-state index contributed by atoms with van der Waals surface area (Å²) in [6.07, 6.45) is 6.22. The number of allylic oxidation sites excluding steroid dienone is 1. The van der Waals surface area contributed by atoms with Gasteiger partial charge in [-0.25, -0.2) is 0 Å². The first kappa shape index (κ1) is 10.9. The third-order valence-corrected chi connectivity index (χ3v) is 3.99. The Kier molecular flexibility index (Phi) is 3.60. The summed E-state index contributed by atoms with van der Waals surface area (Å²) in [6, 6.07) is 2.39. The molecule has 0 unspecified atom stereocenters. The maximum absolute atomic E-state index is 3.46. The van der Waals surface area contributed by atoms with E-state index in [1.54, 1.807) is 10.4 Å². The van der Waals surface area contributed by atoms with Crippen molar-refractivity contribution < 1.29 is 0 Å². The highest BCUT2D eigenvalue weighted by molar-refractivity contribution is 7.12. The van der Waals surface area contributed by atoms with Gasteiger partial charge in [0.05, 0.1) is 0 Å². The van der Waals surface area contributed by atoms with Crippen molar-refractivity contribution in [2.24, 2.45) is 0 Å². The normalized spacial score (nSPS) is 14.0. The quantitative estimate of drug-likeness (QED) is 0.607. The zero-order valence-corrected chi connectivity index (χ0v) is 10.4. The van der Waals surface area contributed by atoms with Gasteiger partial charge in [-0.15, -0.1) is 11.3 Å². The highest BCUT2D eigenvalue weighted by atomic mass is 32.1. The Bertz CT molecular complexity index is 337. The number of nitrogens with one attached hydrogen (secondary N) is 1. The SMILES string of the molecule is CC(C)=CCNCc1cc2c(s1)CCC2. The summed E-state index contributed by atoms with van der Waals surface area (Å²) in [7, 11) is 0. The molecule has 15 heavy (non-hydrogen) atoms. The maximum Gasteiger partial charge on any atom is 0.0302 e. The van der Waals surface area contributed by atoms with E-state index in [4.69, 9.17) is 0 Å². The molecule has 1 aromatic rings. The van der Waals surface area contributed by atoms with E-state index >= 15 is 0 Å². The summed E-state index contributed by atoms with van der Waals surface area (Å²) in [5, 5.41) is 3.46. The molecule has 0 radical (unpaired) electrons. The molecule has 0 saturated heterocycles. The summed E-state index contributed by atoms with van der Waals surface area (Å²) < 4.78 is 0. The summed E-state index contributed by atoms with van der Waals surface area (Å²) >= 11 is 2.00. The van der Waals surface area contributed by atoms with Crippen LogP contribution in [0.3, 0.4) is 0 Å². The van der Waals surface area contributed by atoms with E-state index in [9.17, 15) is 0 Å². The lowest BCUT2D eigenvalue weighted by atomic mass is 10.2. The van der Waals surface area contributed by atoms with Crippen LogP contribution in [0.15, 0.2) is 17.7 Å². The molecule has 1 heterocycles. The van der Waals surface area contributed by atoms with E-state index in [1.807, 2.05) is 11.3 Å². The number of rotatable bonds is 4. The molecule has 1 aliphatic carbocycles. The van der Waals surface area contributed by atoms with Crippen LogP contribution in [0.5, 0.6) is 0 Å². The number of aryl methyl sites for hydroxylation is 2. The fourth-order valence-corrected chi connectivity index (χ4v) is 3.18. The lowest BCUT2D eigenvalue weighted by molar-refractivity contribution is 0.766. The Morgan fingerprint density at radius 3 is 3.07 bits per heavy atom. The maximum atomic E-state index is 3.46. The van der Waals surface area contributed by atoms with Gasteiger partial charge in [0.2, 0.25) is 0 Å². The van der Waals surface area contributed by atoms with Gasteiger partial charge in [-0.3, -0.25) is 0 Å². The van der Waals surface area contributed by atoms with Crippen LogP contribution >= 0.6 is 11.3 Å². The number of hydrogen-bond acceptors (Lipinski definition) is 2. The summed E-state index contributed by atoms with van der Waals surface area (Å²) in [5.74, 6) is 0. The van der Waals surface area contributed by atoms with E-state index < -0.39 is 0 Å². The van der Waals surface area contributed by atoms with E-state index in [1.165, 1.54) is 29.7 Å². The van der Waals surface area contributed by atoms with Crippen LogP contribution in [0, 0.1) is 0 Å². The second-order valence-electron chi connectivity index (χ2n) is 4.43. The van der Waals surface area contributed by atoms with E-state index in [2.05, 4.69) is 31.3 Å². The Balaban J connectivity index is 1.82. The van der Waals surface area contributed by atoms with E-state index in [0.717, 1.165) is 13.1 Å². The first-order valence-corrected chi connectivity index (χ1v) is 6.52. The molecular weight excluding hydrogens is 202 g/mol. The smallest absolute Gasteiger partial charge is 0.0302 e. The van der Waals surface area contributed by atoms with Crippen molar-refractivity contribution in [3.63, 3.8) is 0 Å². The van der Waals surface area contributed by atoms with Crippen LogP contribution in [0.25, 0.3) is 0 Å². The van der Waals surface area contributed by atoms with Gasteiger partial charge in [-0.2, -0.15) is 0 Å². The minimum Gasteiger partial charge on any atom is -0.308 e. The molecule has 2 heteroatoms. The molecule has 1 aromatic heterocycles. The molecule has 0 fully saturated rings. The molecule has 2 rings (SSSR count). The molecular formula is C13H19NS. The Morgan fingerprint density at radius 1 is 1.47 bits per heavy atom. The minimum absolute atomic E-state index is 0.991. The zero-order valence-electron chi connectivity index (χ0n) is 9.60. The first-order chi connectivity index (χ1) is 7.25. The molecule has 0 spiro atoms. The number of hydrogen-bond donors (Lipinski definition) is 1. The van der Waals surface area contributed by atoms with Crippen LogP contribution in [0.1, 0.15) is 35.6 Å². The van der Waals surface area contributed by atoms with Crippen molar-refractivity contribution in [3.8, 4) is 0 Å². The molecule has 0 bridgehead atoms. The lowest BCUT2D eigenvalue weighted by Gasteiger charge is -1.99. The third kappa shape index (κ3) is 2.93. The van der Waals surface area contributed by atoms with Gasteiger partial charge in [-0.1, -0.05) is 11.6 Å². The van der Waals surface area contributed by atoms with Crippen molar-refractivity contribution in [2.75, 3.05) is 6.54 Å². The molecule has 1 nitrogen and oxygen atoms in total. The number of fused-ring (bicyclic) bond motifs is 1. The lowest BCUT2D eigenvalue weighted by Crippen LogP contribution is -2.12. The molecule has 1 N–H and O–H groups in total. The van der Waals surface area contributed by atoms with E-state index in [-0.39, 0.29) is 0 Å². The average Bonchev–Trinajstić information content (AvgIpc) is 2.71. The van der Waals surface area contributed by atoms with Gasteiger partial charge in [0.1, 0.15) is 0 Å². The van der Waals surface area contributed by atoms with Crippen LogP contribution in [0.2, 0.25) is 0 Å². The van der Waals surface area contributed by atoms with Gasteiger partial charge in [-0.05, 0) is 44.7 Å². The molecule has 0 aromatic carbocycles. The van der Waals surface area contributed by atoms with Gasteiger partial charge in [0.15, 0.2) is 0 Å². The average molecular weight is 221 g/mol. The fraction of sp³-hybridized carbons (Fsp3) is 0.538. The van der Waals surface area contributed by atoms with Crippen LogP contribution < -0.4 is 5.32 Å². The molecule has 0 saturated carbocycles. The highest BCUT2D eigenvalue weighted by Gasteiger charge is 2.13. The van der Waals surface area contributed by atoms with Crippen LogP contribution in [0.4, 0.5) is 0 Å². The van der Waals surface area contributed by atoms with Crippen LogP contribution in [-0.4, -0.2) is 6.54 Å². The summed E-state index contributed by atoms with van der Waals surface area (Å²) in [4.78, 5) is 3.14. The second kappa shape index (κ2) is 4.95. The molecule has 1 aliphatic rings. The summed E-state index contributed by atoms with van der Waals surface area (Å²) in [6.45, 7) is 6.30. The van der Waals surface area contributed by atoms with Crippen molar-refractivity contribution in [1.82, 2.24) is 5.32 Å². The van der Waals surface area contributed by atoms with Gasteiger partial charge in [0.25, 0.3) is 0 Å². The Hall–Kier alpha value is -0.600. The molecule has 0 atom stereocenters. The predicted molar refractivity (Wildman–Crippen MR) is 67.5 cm³/mol. The van der Waals surface area contributed by atoms with Gasteiger partial charge >= 0.3 is 0 Å². The molecule has 82 valence electrons. The molecule has 0 aliphatic heterocycles. The van der Waals surface area contributed by atoms with Crippen molar-refractivity contribution in [1.29, 1.82) is 0 Å². The number of thiophene rings is 1. The van der Waals surface area contributed by atoms with Crippen molar-refractivity contribution in [3.05, 3.63) is 33.0 Å². The monoisotopic (exact) mass is 221 g/mol. The summed E-state index contributed by atoms with van der Waals surface area (Å²) in [5.41, 5.74) is 3.00. The minimum atomic E-state index is 0.991. The van der Waals surface area contributed by atoms with Crippen molar-refractivity contribution in [2.45, 2.75) is 39.7 Å². The fourth-order valence-electron chi connectivity index (χ4n) is 1.95. The third-order valence-electron chi connectivity index (χ3n) is 2.75. The highest BCUT2D eigenvalue weighted by Crippen LogP contribution is 2.30. The standard InChI is InChI=1S/C13H19NS/c1-10(2)6-7-14-9-12-8-11-4-3-5-13(11)15-12/h6,8,14H,3-5,7,9H2,1-2H3. The van der Waals surface area contributed by atoms with Crippen molar-refractivity contribution >= 4 is 11.3 Å². The van der Waals surface area contributed by atoms with E-state index in [0.29, 0.717) is 0 Å². The largest absolute Gasteiger partial charge is 0.308 e.